The van der Waals surface area contributed by atoms with E-state index in [1.54, 1.807) is 38.3 Å². The normalized spacial score (nSPS) is 11.8. The van der Waals surface area contributed by atoms with Gasteiger partial charge in [-0.15, -0.1) is 4.40 Å². The maximum absolute atomic E-state index is 13.1. The Balaban J connectivity index is 2.20. The second-order valence-corrected chi connectivity index (χ2v) is 9.33. The van der Waals surface area contributed by atoms with Gasteiger partial charge < -0.3 is 14.2 Å². The largest absolute Gasteiger partial charge is 0.497 e. The molecule has 0 amide bonds. The molecule has 3 rings (SSSR count). The third-order valence-electron chi connectivity index (χ3n) is 4.91. The summed E-state index contributed by atoms with van der Waals surface area (Å²) in [6, 6.07) is 17.4. The highest BCUT2D eigenvalue weighted by Crippen LogP contribution is 2.32. The van der Waals surface area contributed by atoms with Gasteiger partial charge in [-0.2, -0.15) is 8.42 Å². The van der Waals surface area contributed by atoms with Crippen LogP contribution in [0.1, 0.15) is 29.2 Å². The summed E-state index contributed by atoms with van der Waals surface area (Å²) in [5.74, 6) is 0.900. The number of sulfonamides is 1. The summed E-state index contributed by atoms with van der Waals surface area (Å²) in [4.78, 5) is 0.0779. The van der Waals surface area contributed by atoms with Crippen molar-refractivity contribution < 1.29 is 22.6 Å². The Morgan fingerprint density at radius 2 is 1.73 bits per heavy atom. The molecule has 0 radical (unpaired) electrons. The molecule has 0 aliphatic carbocycles. The van der Waals surface area contributed by atoms with Gasteiger partial charge in [0.05, 0.1) is 31.3 Å². The van der Waals surface area contributed by atoms with Gasteiger partial charge in [0.1, 0.15) is 11.5 Å². The lowest BCUT2D eigenvalue weighted by Crippen LogP contribution is -2.15. The van der Waals surface area contributed by atoms with Gasteiger partial charge in [0.25, 0.3) is 10.0 Å². The van der Waals surface area contributed by atoms with Crippen molar-refractivity contribution in [3.05, 3.63) is 87.9 Å². The standard InChI is InChI=1S/C25H26ClNO5S/c1-5-32-25(27-33(28,29)22-11-9-17(2)10-12-22)24-19(13-18-7-6-8-20(26)14-18)15-21(30-3)16-23(24)31-4/h6-12,14-16H,5,13H2,1-4H3/b27-25+. The van der Waals surface area contributed by atoms with E-state index in [2.05, 4.69) is 4.40 Å². The van der Waals surface area contributed by atoms with Gasteiger partial charge in [0.15, 0.2) is 0 Å². The SMILES string of the molecule is CCO/C(=N/S(=O)(=O)c1ccc(C)cc1)c1c(Cc2cccc(Cl)c2)cc(OC)cc1OC. The van der Waals surface area contributed by atoms with Crippen LogP contribution in [-0.2, 0) is 21.2 Å². The number of hydrogen-bond acceptors (Lipinski definition) is 5. The molecule has 0 N–H and O–H groups in total. The van der Waals surface area contributed by atoms with Gasteiger partial charge in [-0.1, -0.05) is 41.4 Å². The minimum atomic E-state index is -4.03. The topological polar surface area (TPSA) is 74.2 Å². The van der Waals surface area contributed by atoms with Crippen LogP contribution in [0.3, 0.4) is 0 Å². The lowest BCUT2D eigenvalue weighted by Gasteiger charge is -2.18. The predicted molar refractivity (Wildman–Crippen MR) is 130 cm³/mol. The average Bonchev–Trinajstić information content (AvgIpc) is 2.78. The van der Waals surface area contributed by atoms with Crippen molar-refractivity contribution in [2.75, 3.05) is 20.8 Å². The summed E-state index contributed by atoms with van der Waals surface area (Å²) in [5, 5.41) is 0.601. The highest BCUT2D eigenvalue weighted by molar-refractivity contribution is 7.90. The third-order valence-corrected chi connectivity index (χ3v) is 6.42. The highest BCUT2D eigenvalue weighted by Gasteiger charge is 2.23. The first-order valence-corrected chi connectivity index (χ1v) is 12.1. The minimum absolute atomic E-state index is 0.0467. The molecular formula is C25H26ClNO5S. The number of ether oxygens (including phenoxy) is 3. The molecule has 33 heavy (non-hydrogen) atoms. The Kier molecular flexibility index (Phi) is 8.00. The van der Waals surface area contributed by atoms with Crippen LogP contribution in [0.25, 0.3) is 0 Å². The quantitative estimate of drug-likeness (QED) is 0.313. The van der Waals surface area contributed by atoms with Crippen molar-refractivity contribution in [1.82, 2.24) is 0 Å². The average molecular weight is 488 g/mol. The summed E-state index contributed by atoms with van der Waals surface area (Å²) in [5.41, 5.74) is 3.04. The van der Waals surface area contributed by atoms with E-state index in [1.165, 1.54) is 19.2 Å². The molecular weight excluding hydrogens is 462 g/mol. The van der Waals surface area contributed by atoms with E-state index < -0.39 is 10.0 Å². The van der Waals surface area contributed by atoms with Gasteiger partial charge in [-0.25, -0.2) is 0 Å². The molecule has 0 unspecified atom stereocenters. The number of methoxy groups -OCH3 is 2. The van der Waals surface area contributed by atoms with E-state index in [0.717, 1.165) is 16.7 Å². The molecule has 0 fully saturated rings. The third kappa shape index (κ3) is 6.06. The summed E-state index contributed by atoms with van der Waals surface area (Å²) in [6.45, 7) is 3.87. The molecule has 0 bridgehead atoms. The van der Waals surface area contributed by atoms with Crippen LogP contribution in [0.4, 0.5) is 0 Å². The Labute approximate surface area is 199 Å². The van der Waals surface area contributed by atoms with E-state index >= 15 is 0 Å². The number of aryl methyl sites for hydroxylation is 1. The first kappa shape index (κ1) is 24.6. The number of benzene rings is 3. The maximum Gasteiger partial charge on any atom is 0.285 e. The van der Waals surface area contributed by atoms with Gasteiger partial charge in [-0.05, 0) is 61.7 Å². The second-order valence-electron chi connectivity index (χ2n) is 7.29. The first-order valence-electron chi connectivity index (χ1n) is 10.3. The van der Waals surface area contributed by atoms with Gasteiger partial charge in [-0.3, -0.25) is 0 Å². The van der Waals surface area contributed by atoms with Crippen LogP contribution < -0.4 is 9.47 Å². The predicted octanol–water partition coefficient (Wildman–Crippen LogP) is 5.43. The Morgan fingerprint density at radius 1 is 1.00 bits per heavy atom. The summed E-state index contributed by atoms with van der Waals surface area (Å²) >= 11 is 6.17. The van der Waals surface area contributed by atoms with Crippen molar-refractivity contribution in [3.63, 3.8) is 0 Å². The highest BCUT2D eigenvalue weighted by atomic mass is 35.5. The Bertz CT molecular complexity index is 1250. The van der Waals surface area contributed by atoms with Crippen LogP contribution in [0.15, 0.2) is 70.0 Å². The van der Waals surface area contributed by atoms with E-state index in [-0.39, 0.29) is 17.4 Å². The van der Waals surface area contributed by atoms with Crippen LogP contribution in [-0.4, -0.2) is 35.1 Å². The molecule has 6 nitrogen and oxygen atoms in total. The molecule has 0 aliphatic rings. The zero-order chi connectivity index (χ0) is 24.0. The molecule has 0 atom stereocenters. The fourth-order valence-corrected chi connectivity index (χ4v) is 4.49. The minimum Gasteiger partial charge on any atom is -0.497 e. The van der Waals surface area contributed by atoms with E-state index in [4.69, 9.17) is 25.8 Å². The summed E-state index contributed by atoms with van der Waals surface area (Å²) in [7, 11) is -0.976. The summed E-state index contributed by atoms with van der Waals surface area (Å²) < 4.78 is 47.0. The number of nitrogens with zero attached hydrogens (tertiary/aromatic N) is 1. The molecule has 0 heterocycles. The first-order chi connectivity index (χ1) is 15.8. The molecule has 174 valence electrons. The van der Waals surface area contributed by atoms with E-state index in [9.17, 15) is 8.42 Å². The van der Waals surface area contributed by atoms with Crippen LogP contribution >= 0.6 is 11.6 Å². The lowest BCUT2D eigenvalue weighted by molar-refractivity contribution is 0.326. The van der Waals surface area contributed by atoms with Crippen LogP contribution in [0.5, 0.6) is 11.5 Å². The molecule has 0 aromatic heterocycles. The molecule has 8 heteroatoms. The van der Waals surface area contributed by atoms with Crippen molar-refractivity contribution >= 4 is 27.5 Å². The smallest absolute Gasteiger partial charge is 0.285 e. The van der Waals surface area contributed by atoms with Crippen LogP contribution in [0, 0.1) is 6.92 Å². The maximum atomic E-state index is 13.1. The monoisotopic (exact) mass is 487 g/mol. The van der Waals surface area contributed by atoms with Gasteiger partial charge in [0.2, 0.25) is 5.90 Å². The molecule has 3 aromatic carbocycles. The molecule has 3 aromatic rings. The Hall–Kier alpha value is -3.03. The fraction of sp³-hybridized carbons (Fsp3) is 0.240. The molecule has 0 saturated heterocycles. The van der Waals surface area contributed by atoms with Crippen molar-refractivity contribution in [3.8, 4) is 11.5 Å². The van der Waals surface area contributed by atoms with E-state index in [0.29, 0.717) is 28.5 Å². The lowest BCUT2D eigenvalue weighted by atomic mass is 9.98. The van der Waals surface area contributed by atoms with Gasteiger partial charge >= 0.3 is 0 Å². The van der Waals surface area contributed by atoms with Gasteiger partial charge in [0, 0.05) is 11.1 Å². The van der Waals surface area contributed by atoms with E-state index in [1.807, 2.05) is 31.2 Å². The zero-order valence-corrected chi connectivity index (χ0v) is 20.5. The number of halogens is 1. The fourth-order valence-electron chi connectivity index (χ4n) is 3.33. The molecule has 0 aliphatic heterocycles. The number of hydrogen-bond donors (Lipinski definition) is 0. The van der Waals surface area contributed by atoms with Crippen LogP contribution in [0.2, 0.25) is 5.02 Å². The number of rotatable bonds is 8. The molecule has 0 saturated carbocycles. The Morgan fingerprint density at radius 3 is 2.33 bits per heavy atom. The van der Waals surface area contributed by atoms with Crippen molar-refractivity contribution in [1.29, 1.82) is 0 Å². The zero-order valence-electron chi connectivity index (χ0n) is 19.0. The summed E-state index contributed by atoms with van der Waals surface area (Å²) in [6.07, 6.45) is 0.431. The van der Waals surface area contributed by atoms with Crippen molar-refractivity contribution in [2.24, 2.45) is 4.40 Å². The molecule has 0 spiro atoms. The van der Waals surface area contributed by atoms with Crippen molar-refractivity contribution in [2.45, 2.75) is 25.2 Å². The second kappa shape index (κ2) is 10.7.